The van der Waals surface area contributed by atoms with Crippen LogP contribution in [0.3, 0.4) is 0 Å². The van der Waals surface area contributed by atoms with Crippen LogP contribution in [-0.4, -0.2) is 27.4 Å². The second-order valence-electron chi connectivity index (χ2n) is 5.92. The van der Waals surface area contributed by atoms with Gasteiger partial charge in [-0.15, -0.1) is 0 Å². The summed E-state index contributed by atoms with van der Waals surface area (Å²) < 4.78 is 36.9. The van der Waals surface area contributed by atoms with Crippen molar-refractivity contribution in [2.45, 2.75) is 11.4 Å². The third-order valence-electron chi connectivity index (χ3n) is 4.02. The van der Waals surface area contributed by atoms with Crippen molar-refractivity contribution in [2.24, 2.45) is 0 Å². The lowest BCUT2D eigenvalue weighted by Crippen LogP contribution is -2.23. The molecule has 0 saturated carbocycles. The predicted octanol–water partition coefficient (Wildman–Crippen LogP) is 2.80. The lowest BCUT2D eigenvalue weighted by molar-refractivity contribution is 0.0597. The summed E-state index contributed by atoms with van der Waals surface area (Å²) in [4.78, 5) is 24.4. The first-order valence-electron chi connectivity index (χ1n) is 8.51. The van der Waals surface area contributed by atoms with Crippen LogP contribution in [0.4, 0.5) is 5.69 Å². The molecule has 3 aromatic rings. The first-order valence-corrected chi connectivity index (χ1v) is 10.00. The van der Waals surface area contributed by atoms with Gasteiger partial charge < -0.3 is 14.5 Å². The largest absolute Gasteiger partial charge is 0.468 e. The Hall–Kier alpha value is -3.43. The molecule has 1 aromatic heterocycles. The van der Waals surface area contributed by atoms with Crippen LogP contribution in [0.25, 0.3) is 0 Å². The number of anilines is 1. The van der Waals surface area contributed by atoms with E-state index in [0.717, 1.165) is 0 Å². The van der Waals surface area contributed by atoms with Crippen LogP contribution in [0.2, 0.25) is 0 Å². The summed E-state index contributed by atoms with van der Waals surface area (Å²) in [6.07, 6.45) is 1.46. The van der Waals surface area contributed by atoms with Gasteiger partial charge in [-0.2, -0.15) is 0 Å². The van der Waals surface area contributed by atoms with Crippen LogP contribution in [0.5, 0.6) is 0 Å². The van der Waals surface area contributed by atoms with Gasteiger partial charge in [0.15, 0.2) is 0 Å². The monoisotopic (exact) mass is 414 g/mol. The van der Waals surface area contributed by atoms with Crippen molar-refractivity contribution in [1.29, 1.82) is 0 Å². The Morgan fingerprint density at radius 1 is 0.966 bits per heavy atom. The molecule has 0 unspecified atom stereocenters. The van der Waals surface area contributed by atoms with Crippen molar-refractivity contribution >= 4 is 27.6 Å². The van der Waals surface area contributed by atoms with Crippen molar-refractivity contribution in [3.8, 4) is 0 Å². The minimum atomic E-state index is -3.74. The zero-order valence-electron chi connectivity index (χ0n) is 15.4. The van der Waals surface area contributed by atoms with E-state index in [1.807, 2.05) is 0 Å². The van der Waals surface area contributed by atoms with Crippen molar-refractivity contribution in [3.05, 3.63) is 83.8 Å². The van der Waals surface area contributed by atoms with Crippen molar-refractivity contribution in [1.82, 2.24) is 4.72 Å². The maximum atomic E-state index is 12.5. The lowest BCUT2D eigenvalue weighted by Gasteiger charge is -2.10. The van der Waals surface area contributed by atoms with E-state index in [4.69, 9.17) is 4.42 Å². The number of hydrogen-bond acceptors (Lipinski definition) is 6. The van der Waals surface area contributed by atoms with Gasteiger partial charge in [-0.05, 0) is 48.5 Å². The lowest BCUT2D eigenvalue weighted by atomic mass is 10.1. The highest BCUT2D eigenvalue weighted by Crippen LogP contribution is 2.17. The molecule has 0 saturated heterocycles. The molecule has 0 aliphatic carbocycles. The molecular weight excluding hydrogens is 396 g/mol. The number of hydrogen-bond donors (Lipinski definition) is 2. The number of esters is 1. The van der Waals surface area contributed by atoms with Gasteiger partial charge in [0.2, 0.25) is 10.0 Å². The number of rotatable bonds is 7. The first kappa shape index (κ1) is 20.3. The molecule has 3 rings (SSSR count). The Kier molecular flexibility index (Phi) is 6.10. The second-order valence-corrected chi connectivity index (χ2v) is 7.69. The number of methoxy groups -OCH3 is 1. The molecule has 9 heteroatoms. The second kappa shape index (κ2) is 8.72. The number of carbonyl (C=O) groups excluding carboxylic acids is 2. The number of nitrogens with one attached hydrogen (secondary N) is 2. The number of carbonyl (C=O) groups is 2. The first-order chi connectivity index (χ1) is 13.9. The fourth-order valence-electron chi connectivity index (χ4n) is 2.55. The van der Waals surface area contributed by atoms with Gasteiger partial charge in [0.1, 0.15) is 5.76 Å². The van der Waals surface area contributed by atoms with Crippen molar-refractivity contribution < 1.29 is 27.2 Å². The average Bonchev–Trinajstić information content (AvgIpc) is 3.26. The van der Waals surface area contributed by atoms with Crippen molar-refractivity contribution in [2.75, 3.05) is 12.4 Å². The quantitative estimate of drug-likeness (QED) is 0.575. The zero-order valence-corrected chi connectivity index (χ0v) is 16.2. The number of benzene rings is 2. The Balaban J connectivity index is 1.71. The van der Waals surface area contributed by atoms with Gasteiger partial charge in [0.25, 0.3) is 5.91 Å². The van der Waals surface area contributed by atoms with Crippen LogP contribution in [-0.2, 0) is 21.3 Å². The predicted molar refractivity (Wildman–Crippen MR) is 105 cm³/mol. The molecule has 1 heterocycles. The smallest absolute Gasteiger partial charge is 0.338 e. The highest BCUT2D eigenvalue weighted by Gasteiger charge is 2.18. The van der Waals surface area contributed by atoms with E-state index in [2.05, 4.69) is 14.8 Å². The molecule has 1 amide bonds. The summed E-state index contributed by atoms with van der Waals surface area (Å²) in [6, 6.07) is 15.2. The summed E-state index contributed by atoms with van der Waals surface area (Å²) in [7, 11) is -2.51. The summed E-state index contributed by atoms with van der Waals surface area (Å²) >= 11 is 0. The minimum Gasteiger partial charge on any atom is -0.468 e. The van der Waals surface area contributed by atoms with E-state index in [9.17, 15) is 18.0 Å². The third kappa shape index (κ3) is 4.89. The summed E-state index contributed by atoms with van der Waals surface area (Å²) in [5.74, 6) is -0.654. The molecule has 150 valence electrons. The van der Waals surface area contributed by atoms with E-state index in [0.29, 0.717) is 11.4 Å². The maximum Gasteiger partial charge on any atom is 0.338 e. The van der Waals surface area contributed by atoms with Gasteiger partial charge in [0, 0.05) is 5.69 Å². The van der Waals surface area contributed by atoms with Crippen LogP contribution in [0.15, 0.2) is 76.2 Å². The number of ether oxygens (including phenoxy) is 1. The van der Waals surface area contributed by atoms with Crippen LogP contribution >= 0.6 is 0 Å². The molecule has 0 aliphatic heterocycles. The van der Waals surface area contributed by atoms with Gasteiger partial charge >= 0.3 is 5.97 Å². The molecule has 29 heavy (non-hydrogen) atoms. The molecule has 0 fully saturated rings. The normalized spacial score (nSPS) is 11.1. The molecule has 0 atom stereocenters. The van der Waals surface area contributed by atoms with Crippen LogP contribution in [0, 0.1) is 0 Å². The Bertz CT molecular complexity index is 1110. The number of amides is 1. The number of furan rings is 1. The topological polar surface area (TPSA) is 115 Å². The van der Waals surface area contributed by atoms with E-state index >= 15 is 0 Å². The highest BCUT2D eigenvalue weighted by atomic mass is 32.2. The van der Waals surface area contributed by atoms with Gasteiger partial charge in [0.05, 0.1) is 35.9 Å². The molecule has 0 bridgehead atoms. The van der Waals surface area contributed by atoms with E-state index in [1.165, 1.54) is 49.8 Å². The molecule has 0 aliphatic rings. The van der Waals surface area contributed by atoms with Gasteiger partial charge in [-0.25, -0.2) is 17.9 Å². The fourth-order valence-corrected chi connectivity index (χ4v) is 3.54. The molecular formula is C20H18N2O6S. The van der Waals surface area contributed by atoms with E-state index in [-0.39, 0.29) is 22.6 Å². The van der Waals surface area contributed by atoms with Crippen LogP contribution < -0.4 is 10.0 Å². The number of sulfonamides is 1. The van der Waals surface area contributed by atoms with E-state index < -0.39 is 21.9 Å². The molecule has 0 spiro atoms. The summed E-state index contributed by atoms with van der Waals surface area (Å²) in [5, 5.41) is 2.63. The Morgan fingerprint density at radius 2 is 1.66 bits per heavy atom. The molecule has 2 N–H and O–H groups in total. The van der Waals surface area contributed by atoms with Gasteiger partial charge in [-0.3, -0.25) is 4.79 Å². The van der Waals surface area contributed by atoms with Crippen molar-refractivity contribution in [3.63, 3.8) is 0 Å². The SMILES string of the molecule is COC(=O)c1ccccc1C(=O)Nc1ccc(S(=O)(=O)NCc2ccco2)cc1. The third-order valence-corrected chi connectivity index (χ3v) is 5.43. The Morgan fingerprint density at radius 3 is 2.28 bits per heavy atom. The van der Waals surface area contributed by atoms with E-state index in [1.54, 1.807) is 24.3 Å². The van der Waals surface area contributed by atoms with Crippen LogP contribution in [0.1, 0.15) is 26.5 Å². The minimum absolute atomic E-state index is 0.0259. The summed E-state index contributed by atoms with van der Waals surface area (Å²) in [5.41, 5.74) is 0.657. The molecule has 0 radical (unpaired) electrons. The fraction of sp³-hybridized carbons (Fsp3) is 0.100. The summed E-state index contributed by atoms with van der Waals surface area (Å²) in [6.45, 7) is 0.0259. The standard InChI is InChI=1S/C20H18N2O6S/c1-27-20(24)18-7-3-2-6-17(18)19(23)22-14-8-10-16(11-9-14)29(25,26)21-13-15-5-4-12-28-15/h2-12,21H,13H2,1H3,(H,22,23). The average molecular weight is 414 g/mol. The molecule has 2 aromatic carbocycles. The zero-order chi connectivity index (χ0) is 20.9. The maximum absolute atomic E-state index is 12.5. The highest BCUT2D eigenvalue weighted by molar-refractivity contribution is 7.89. The van der Waals surface area contributed by atoms with Gasteiger partial charge in [-0.1, -0.05) is 12.1 Å². The Labute approximate surface area is 167 Å². The molecule has 8 nitrogen and oxygen atoms in total.